The van der Waals surface area contributed by atoms with Crippen LogP contribution in [0.1, 0.15) is 44.6 Å². The third-order valence-corrected chi connectivity index (χ3v) is 4.22. The van der Waals surface area contributed by atoms with Crippen molar-refractivity contribution in [2.24, 2.45) is 0 Å². The summed E-state index contributed by atoms with van der Waals surface area (Å²) in [6.45, 7) is 1.95. The Morgan fingerprint density at radius 2 is 1.57 bits per heavy atom. The van der Waals surface area contributed by atoms with Gasteiger partial charge in [0.1, 0.15) is 5.54 Å². The average Bonchev–Trinajstić information content (AvgIpc) is 3.37. The highest BCUT2D eigenvalue weighted by molar-refractivity contribution is 6.00. The van der Waals surface area contributed by atoms with Crippen LogP contribution in [0.15, 0.2) is 60.7 Å². The molecule has 3 rings (SSSR count). The summed E-state index contributed by atoms with van der Waals surface area (Å²) in [4.78, 5) is 24.8. The topological polar surface area (TPSA) is 58.2 Å². The summed E-state index contributed by atoms with van der Waals surface area (Å²) in [5.41, 5.74) is 0.865. The molecule has 0 aliphatic heterocycles. The normalized spacial score (nSPS) is 16.2. The van der Waals surface area contributed by atoms with E-state index in [-0.39, 0.29) is 20.7 Å². The highest BCUT2D eigenvalue weighted by atomic mass is 16.2. The number of rotatable bonds is 5. The van der Waals surface area contributed by atoms with E-state index in [1.807, 2.05) is 55.5 Å². The molecule has 0 aromatic heterocycles. The first-order valence-corrected chi connectivity index (χ1v) is 7.84. The molecule has 2 amide bonds. The van der Waals surface area contributed by atoms with Gasteiger partial charge in [0.15, 0.2) is 0 Å². The lowest BCUT2D eigenvalue weighted by Gasteiger charge is -2.21. The lowest BCUT2D eigenvalue weighted by atomic mass is 10.1. The predicted octanol–water partition coefficient (Wildman–Crippen LogP) is 3.32. The van der Waals surface area contributed by atoms with E-state index in [1.54, 1.807) is 12.1 Å². The van der Waals surface area contributed by atoms with Gasteiger partial charge >= 0.3 is 0 Å². The van der Waals surface area contributed by atoms with Gasteiger partial charge in [0.25, 0.3) is 5.91 Å². The van der Waals surface area contributed by atoms with Crippen LogP contribution in [-0.4, -0.2) is 17.4 Å². The summed E-state index contributed by atoms with van der Waals surface area (Å²) in [7, 11) is 0. The third-order valence-electron chi connectivity index (χ3n) is 4.22. The summed E-state index contributed by atoms with van der Waals surface area (Å²) in [6, 6.07) is 18.7. The largest absolute Gasteiger partial charge is 0.348 e. The molecule has 122 valence electrons. The van der Waals surface area contributed by atoms with Crippen LogP contribution in [0.2, 0.25) is 0 Å². The molecule has 2 N–H and O–H groups in total. The summed E-state index contributed by atoms with van der Waals surface area (Å²) in [5.74, 6) is -0.316. The SMILES string of the molecule is C[C@@H](NC(=O)C1(NC(=O)c2ccccc2)CC1)c1ccccc1.[HH].[HH]. The standard InChI is InChI=1S/C19H20N2O2.2H2/c1-14(15-8-4-2-5-9-15)20-18(23)19(12-13-19)21-17(22)16-10-6-3-7-11-16;;/h2-11,14H,12-13H2,1H3,(H,20,23)(H,21,22);2*1H/t14-;;/m1../s1. The van der Waals surface area contributed by atoms with Crippen molar-refractivity contribution in [3.63, 3.8) is 0 Å². The van der Waals surface area contributed by atoms with E-state index in [1.165, 1.54) is 0 Å². The summed E-state index contributed by atoms with van der Waals surface area (Å²) < 4.78 is 0. The zero-order valence-electron chi connectivity index (χ0n) is 13.1. The van der Waals surface area contributed by atoms with Gasteiger partial charge in [-0.3, -0.25) is 9.59 Å². The fourth-order valence-corrected chi connectivity index (χ4v) is 2.57. The average molecular weight is 312 g/mol. The van der Waals surface area contributed by atoms with Gasteiger partial charge in [0, 0.05) is 8.42 Å². The van der Waals surface area contributed by atoms with Crippen LogP contribution >= 0.6 is 0 Å². The molecular formula is C19H24N2O2. The minimum absolute atomic E-state index is 0. The molecule has 0 spiro atoms. The third kappa shape index (κ3) is 3.42. The van der Waals surface area contributed by atoms with Crippen LogP contribution in [0.25, 0.3) is 0 Å². The summed E-state index contributed by atoms with van der Waals surface area (Å²) in [5, 5.41) is 5.89. The molecule has 23 heavy (non-hydrogen) atoms. The second-order valence-electron chi connectivity index (χ2n) is 6.01. The Balaban J connectivity index is 0.00000156. The van der Waals surface area contributed by atoms with E-state index in [2.05, 4.69) is 10.6 Å². The Kier molecular flexibility index (Phi) is 4.15. The van der Waals surface area contributed by atoms with Gasteiger partial charge in [-0.1, -0.05) is 48.5 Å². The molecular weight excluding hydrogens is 288 g/mol. The van der Waals surface area contributed by atoms with E-state index >= 15 is 0 Å². The van der Waals surface area contributed by atoms with Crippen molar-refractivity contribution in [3.05, 3.63) is 71.8 Å². The number of benzene rings is 2. The molecule has 0 saturated heterocycles. The van der Waals surface area contributed by atoms with E-state index in [0.717, 1.165) is 5.56 Å². The molecule has 0 bridgehead atoms. The zero-order valence-corrected chi connectivity index (χ0v) is 13.1. The van der Waals surface area contributed by atoms with Crippen molar-refractivity contribution in [2.75, 3.05) is 0 Å². The lowest BCUT2D eigenvalue weighted by Crippen LogP contribution is -2.49. The second kappa shape index (κ2) is 6.24. The van der Waals surface area contributed by atoms with E-state index in [0.29, 0.717) is 18.4 Å². The first kappa shape index (κ1) is 15.3. The molecule has 1 atom stereocenters. The van der Waals surface area contributed by atoms with Crippen molar-refractivity contribution >= 4 is 11.8 Å². The minimum Gasteiger partial charge on any atom is -0.348 e. The minimum atomic E-state index is -0.754. The fourth-order valence-electron chi connectivity index (χ4n) is 2.57. The van der Waals surface area contributed by atoms with E-state index in [9.17, 15) is 9.59 Å². The fraction of sp³-hybridized carbons (Fsp3) is 0.263. The number of carbonyl (C=O) groups excluding carboxylic acids is 2. The Morgan fingerprint density at radius 1 is 1.00 bits per heavy atom. The summed E-state index contributed by atoms with van der Waals surface area (Å²) in [6.07, 6.45) is 1.36. The molecule has 2 aromatic rings. The summed E-state index contributed by atoms with van der Waals surface area (Å²) >= 11 is 0. The molecule has 4 nitrogen and oxygen atoms in total. The van der Waals surface area contributed by atoms with Crippen LogP contribution in [0.4, 0.5) is 0 Å². The van der Waals surface area contributed by atoms with Crippen molar-refractivity contribution in [3.8, 4) is 0 Å². The quantitative estimate of drug-likeness (QED) is 0.890. The van der Waals surface area contributed by atoms with Crippen LogP contribution in [-0.2, 0) is 4.79 Å². The molecule has 0 unspecified atom stereocenters. The van der Waals surface area contributed by atoms with Crippen molar-refractivity contribution in [1.29, 1.82) is 0 Å². The highest BCUT2D eigenvalue weighted by Crippen LogP contribution is 2.36. The Bertz CT molecular complexity index is 704. The van der Waals surface area contributed by atoms with Crippen molar-refractivity contribution in [2.45, 2.75) is 31.3 Å². The maximum absolute atomic E-state index is 12.6. The van der Waals surface area contributed by atoms with Gasteiger partial charge < -0.3 is 10.6 Å². The number of hydrogen-bond acceptors (Lipinski definition) is 2. The number of nitrogens with one attached hydrogen (secondary N) is 2. The molecule has 1 saturated carbocycles. The van der Waals surface area contributed by atoms with Crippen LogP contribution in [0, 0.1) is 0 Å². The van der Waals surface area contributed by atoms with E-state index in [4.69, 9.17) is 0 Å². The predicted molar refractivity (Wildman–Crippen MR) is 93.1 cm³/mol. The van der Waals surface area contributed by atoms with Crippen LogP contribution in [0.5, 0.6) is 0 Å². The van der Waals surface area contributed by atoms with Crippen LogP contribution in [0.3, 0.4) is 0 Å². The van der Waals surface area contributed by atoms with Crippen molar-refractivity contribution in [1.82, 2.24) is 10.6 Å². The molecule has 1 fully saturated rings. The maximum Gasteiger partial charge on any atom is 0.252 e. The van der Waals surface area contributed by atoms with Gasteiger partial charge in [-0.15, -0.1) is 0 Å². The first-order valence-electron chi connectivity index (χ1n) is 7.84. The number of carbonyl (C=O) groups is 2. The lowest BCUT2D eigenvalue weighted by molar-refractivity contribution is -0.124. The molecule has 1 aliphatic rings. The van der Waals surface area contributed by atoms with Gasteiger partial charge in [0.05, 0.1) is 6.04 Å². The monoisotopic (exact) mass is 312 g/mol. The second-order valence-corrected chi connectivity index (χ2v) is 6.01. The van der Waals surface area contributed by atoms with Crippen molar-refractivity contribution < 1.29 is 12.4 Å². The molecule has 1 aliphatic carbocycles. The Hall–Kier alpha value is -2.62. The molecule has 0 radical (unpaired) electrons. The number of amides is 2. The highest BCUT2D eigenvalue weighted by Gasteiger charge is 2.51. The van der Waals surface area contributed by atoms with E-state index < -0.39 is 5.54 Å². The molecule has 2 aromatic carbocycles. The zero-order chi connectivity index (χ0) is 16.3. The van der Waals surface area contributed by atoms with Gasteiger partial charge in [-0.05, 0) is 37.5 Å². The smallest absolute Gasteiger partial charge is 0.252 e. The first-order chi connectivity index (χ1) is 11.1. The number of hydrogen-bond donors (Lipinski definition) is 2. The molecule has 0 heterocycles. The molecule has 4 heteroatoms. The Labute approximate surface area is 138 Å². The van der Waals surface area contributed by atoms with Gasteiger partial charge in [-0.25, -0.2) is 0 Å². The Morgan fingerprint density at radius 3 is 2.13 bits per heavy atom. The van der Waals surface area contributed by atoms with Gasteiger partial charge in [0.2, 0.25) is 5.91 Å². The van der Waals surface area contributed by atoms with Gasteiger partial charge in [-0.2, -0.15) is 0 Å². The maximum atomic E-state index is 12.6. The van der Waals surface area contributed by atoms with Crippen LogP contribution < -0.4 is 10.6 Å².